The molecule has 3 nitrogen and oxygen atoms in total. The largest absolute Gasteiger partial charge is 0.330 e. The van der Waals surface area contributed by atoms with Crippen LogP contribution in [0.15, 0.2) is 67.0 Å². The second-order valence-corrected chi connectivity index (χ2v) is 6.22. The minimum absolute atomic E-state index is 0.346. The summed E-state index contributed by atoms with van der Waals surface area (Å²) >= 11 is 0. The molecule has 2 aromatic carbocycles. The van der Waals surface area contributed by atoms with E-state index in [2.05, 4.69) is 45.9 Å². The summed E-state index contributed by atoms with van der Waals surface area (Å²) < 4.78 is 2.22. The first-order valence-corrected chi connectivity index (χ1v) is 8.97. The van der Waals surface area contributed by atoms with Gasteiger partial charge in [-0.15, -0.1) is 0 Å². The molecular formula is C22H24N2O. The van der Waals surface area contributed by atoms with Crippen molar-refractivity contribution in [2.75, 3.05) is 0 Å². The zero-order valence-electron chi connectivity index (χ0n) is 14.7. The number of Topliss-reactive ketones (excluding diaryl/α,β-unsaturated/α-hetero) is 1. The van der Waals surface area contributed by atoms with Gasteiger partial charge in [0.05, 0.1) is 17.7 Å². The highest BCUT2D eigenvalue weighted by atomic mass is 16.1. The van der Waals surface area contributed by atoms with Crippen LogP contribution in [-0.2, 0) is 11.3 Å². The van der Waals surface area contributed by atoms with E-state index in [1.165, 1.54) is 5.56 Å². The monoisotopic (exact) mass is 332 g/mol. The van der Waals surface area contributed by atoms with Gasteiger partial charge in [-0.3, -0.25) is 4.79 Å². The fourth-order valence-corrected chi connectivity index (χ4v) is 3.04. The number of aryl methyl sites for hydroxylation is 1. The lowest BCUT2D eigenvalue weighted by Crippen LogP contribution is -2.01. The topological polar surface area (TPSA) is 34.9 Å². The summed E-state index contributed by atoms with van der Waals surface area (Å²) in [5, 5.41) is 0. The molecule has 0 N–H and O–H groups in total. The molecule has 0 unspecified atom stereocenters. The summed E-state index contributed by atoms with van der Waals surface area (Å²) in [4.78, 5) is 16.2. The van der Waals surface area contributed by atoms with E-state index < -0.39 is 0 Å². The molecule has 0 bridgehead atoms. The maximum atomic E-state index is 11.5. The molecule has 3 aromatic rings. The van der Waals surface area contributed by atoms with Gasteiger partial charge in [0.1, 0.15) is 5.78 Å². The molecule has 1 heterocycles. The summed E-state index contributed by atoms with van der Waals surface area (Å²) in [5.41, 5.74) is 4.45. The van der Waals surface area contributed by atoms with E-state index in [9.17, 15) is 4.79 Å². The average molecular weight is 332 g/mol. The van der Waals surface area contributed by atoms with E-state index >= 15 is 0 Å². The van der Waals surface area contributed by atoms with Crippen molar-refractivity contribution in [3.63, 3.8) is 0 Å². The average Bonchev–Trinajstić information content (AvgIpc) is 3.10. The van der Waals surface area contributed by atoms with Crippen LogP contribution in [0.5, 0.6) is 0 Å². The lowest BCUT2D eigenvalue weighted by molar-refractivity contribution is -0.118. The Balaban J connectivity index is 1.86. The third kappa shape index (κ3) is 4.24. The number of ketones is 1. The van der Waals surface area contributed by atoms with Crippen LogP contribution in [0.4, 0.5) is 0 Å². The molecule has 0 aliphatic rings. The van der Waals surface area contributed by atoms with E-state index in [1.54, 1.807) is 0 Å². The molecule has 0 aliphatic heterocycles. The Morgan fingerprint density at radius 3 is 2.20 bits per heavy atom. The number of carbonyl (C=O) groups excluding carboxylic acids is 1. The molecule has 25 heavy (non-hydrogen) atoms. The Bertz CT molecular complexity index is 807. The van der Waals surface area contributed by atoms with Crippen LogP contribution < -0.4 is 0 Å². The van der Waals surface area contributed by atoms with Crippen molar-refractivity contribution in [2.45, 2.75) is 39.2 Å². The molecule has 0 radical (unpaired) electrons. The number of imidazole rings is 1. The molecule has 0 amide bonds. The summed E-state index contributed by atoms with van der Waals surface area (Å²) in [5.74, 6) is 0.346. The third-order valence-electron chi connectivity index (χ3n) is 4.43. The van der Waals surface area contributed by atoms with E-state index in [0.29, 0.717) is 18.6 Å². The molecule has 3 rings (SSSR count). The lowest BCUT2D eigenvalue weighted by atomic mass is 10.0. The Labute approximate surface area is 149 Å². The predicted molar refractivity (Wildman–Crippen MR) is 102 cm³/mol. The first kappa shape index (κ1) is 17.2. The summed E-state index contributed by atoms with van der Waals surface area (Å²) in [7, 11) is 0. The highest BCUT2D eigenvalue weighted by Crippen LogP contribution is 2.31. The van der Waals surface area contributed by atoms with Crippen molar-refractivity contribution in [2.24, 2.45) is 0 Å². The van der Waals surface area contributed by atoms with Crippen LogP contribution in [0.3, 0.4) is 0 Å². The number of unbranched alkanes of at least 4 members (excludes halogenated alkanes) is 1. The van der Waals surface area contributed by atoms with E-state index in [1.807, 2.05) is 37.5 Å². The van der Waals surface area contributed by atoms with Crippen molar-refractivity contribution in [1.82, 2.24) is 9.55 Å². The normalized spacial score (nSPS) is 10.8. The molecule has 0 saturated carbocycles. The van der Waals surface area contributed by atoms with Gasteiger partial charge in [0.2, 0.25) is 0 Å². The number of rotatable bonds is 8. The number of benzene rings is 2. The van der Waals surface area contributed by atoms with Gasteiger partial charge in [-0.1, -0.05) is 67.6 Å². The zero-order valence-corrected chi connectivity index (χ0v) is 14.7. The molecule has 0 spiro atoms. The number of nitrogens with zero attached hydrogens (tertiary/aromatic N) is 2. The number of aromatic nitrogens is 2. The van der Waals surface area contributed by atoms with Gasteiger partial charge < -0.3 is 4.57 Å². The molecule has 0 aliphatic carbocycles. The van der Waals surface area contributed by atoms with Crippen molar-refractivity contribution in [3.05, 3.63) is 67.0 Å². The van der Waals surface area contributed by atoms with Gasteiger partial charge in [-0.25, -0.2) is 4.98 Å². The van der Waals surface area contributed by atoms with E-state index in [-0.39, 0.29) is 0 Å². The molecule has 0 atom stereocenters. The Hall–Kier alpha value is -2.68. The number of hydrogen-bond donors (Lipinski definition) is 0. The van der Waals surface area contributed by atoms with Crippen molar-refractivity contribution in [1.29, 1.82) is 0 Å². The van der Waals surface area contributed by atoms with Gasteiger partial charge in [-0.2, -0.15) is 0 Å². The third-order valence-corrected chi connectivity index (χ3v) is 4.43. The van der Waals surface area contributed by atoms with Crippen molar-refractivity contribution >= 4 is 5.78 Å². The van der Waals surface area contributed by atoms with Crippen LogP contribution in [-0.4, -0.2) is 15.3 Å². The molecular weight excluding hydrogens is 308 g/mol. The summed E-state index contributed by atoms with van der Waals surface area (Å²) in [6.07, 6.45) is 5.15. The second-order valence-electron chi connectivity index (χ2n) is 6.22. The first-order valence-electron chi connectivity index (χ1n) is 8.97. The Kier molecular flexibility index (Phi) is 5.78. The smallest absolute Gasteiger partial charge is 0.132 e. The minimum Gasteiger partial charge on any atom is -0.330 e. The van der Waals surface area contributed by atoms with Crippen LogP contribution in [0.25, 0.3) is 22.5 Å². The fraction of sp³-hybridized carbons (Fsp3) is 0.273. The summed E-state index contributed by atoms with van der Waals surface area (Å²) in [6, 6.07) is 20.7. The molecule has 3 heteroatoms. The van der Waals surface area contributed by atoms with Crippen molar-refractivity contribution < 1.29 is 4.79 Å². The highest BCUT2D eigenvalue weighted by Gasteiger charge is 2.14. The number of hydrogen-bond acceptors (Lipinski definition) is 2. The summed E-state index contributed by atoms with van der Waals surface area (Å²) in [6.45, 7) is 2.80. The van der Waals surface area contributed by atoms with Crippen LogP contribution in [0.1, 0.15) is 32.6 Å². The van der Waals surface area contributed by atoms with Crippen LogP contribution in [0, 0.1) is 0 Å². The maximum Gasteiger partial charge on any atom is 0.132 e. The van der Waals surface area contributed by atoms with Crippen molar-refractivity contribution in [3.8, 4) is 22.5 Å². The second kappa shape index (κ2) is 8.43. The van der Waals surface area contributed by atoms with E-state index in [4.69, 9.17) is 0 Å². The van der Waals surface area contributed by atoms with Gasteiger partial charge in [-0.05, 0) is 12.8 Å². The van der Waals surface area contributed by atoms with Gasteiger partial charge in [0.25, 0.3) is 0 Å². The van der Waals surface area contributed by atoms with Gasteiger partial charge in [0.15, 0.2) is 0 Å². The zero-order chi connectivity index (χ0) is 17.5. The standard InChI is InChI=1S/C22H24N2O/c1-2-20(25)15-9-10-16-24-17-23-21(18-11-5-3-6-12-18)22(24)19-13-7-4-8-14-19/h3-8,11-14,17H,2,9-10,15-16H2,1H3. The fourth-order valence-electron chi connectivity index (χ4n) is 3.04. The molecule has 0 fully saturated rings. The first-order chi connectivity index (χ1) is 12.3. The number of carbonyl (C=O) groups is 1. The Morgan fingerprint density at radius 1 is 0.920 bits per heavy atom. The van der Waals surface area contributed by atoms with Crippen LogP contribution >= 0.6 is 0 Å². The highest BCUT2D eigenvalue weighted by molar-refractivity contribution is 5.79. The Morgan fingerprint density at radius 2 is 1.56 bits per heavy atom. The predicted octanol–water partition coefficient (Wildman–Crippen LogP) is 5.37. The molecule has 0 saturated heterocycles. The quantitative estimate of drug-likeness (QED) is 0.520. The van der Waals surface area contributed by atoms with Crippen LogP contribution in [0.2, 0.25) is 0 Å². The molecule has 128 valence electrons. The minimum atomic E-state index is 0.346. The SMILES string of the molecule is CCC(=O)CCCCn1cnc(-c2ccccc2)c1-c1ccccc1. The lowest BCUT2D eigenvalue weighted by Gasteiger charge is -2.10. The maximum absolute atomic E-state index is 11.5. The molecule has 1 aromatic heterocycles. The van der Waals surface area contributed by atoms with Gasteiger partial charge >= 0.3 is 0 Å². The van der Waals surface area contributed by atoms with Gasteiger partial charge in [0, 0.05) is 30.5 Å². The van der Waals surface area contributed by atoms with E-state index in [0.717, 1.165) is 36.3 Å².